The van der Waals surface area contributed by atoms with E-state index in [0.29, 0.717) is 34.3 Å². The number of nitrogens with zero attached hydrogens (tertiary/aromatic N) is 2. The van der Waals surface area contributed by atoms with Crippen LogP contribution in [0.25, 0.3) is 0 Å². The zero-order valence-corrected chi connectivity index (χ0v) is 18.7. The summed E-state index contributed by atoms with van der Waals surface area (Å²) in [5.74, 6) is 1.25. The Labute approximate surface area is 190 Å². The molecule has 0 bridgehead atoms. The number of allylic oxidation sites excluding steroid dienone is 1. The molecule has 0 aliphatic carbocycles. The predicted molar refractivity (Wildman–Crippen MR) is 119 cm³/mol. The number of ether oxygens (including phenoxy) is 4. The van der Waals surface area contributed by atoms with Crippen LogP contribution in [0.1, 0.15) is 28.5 Å². The van der Waals surface area contributed by atoms with Crippen LogP contribution in [-0.4, -0.2) is 25.9 Å². The Bertz CT molecular complexity index is 1330. The van der Waals surface area contributed by atoms with Crippen LogP contribution in [0.4, 0.5) is 0 Å². The maximum Gasteiger partial charge on any atom is 0.259 e. The number of pyridine rings is 1. The highest BCUT2D eigenvalue weighted by Gasteiger charge is 2.37. The van der Waals surface area contributed by atoms with Gasteiger partial charge in [-0.15, -0.1) is 0 Å². The summed E-state index contributed by atoms with van der Waals surface area (Å²) in [6.07, 6.45) is 1.55. The van der Waals surface area contributed by atoms with Crippen molar-refractivity contribution in [2.45, 2.75) is 19.4 Å². The van der Waals surface area contributed by atoms with E-state index in [2.05, 4.69) is 6.07 Å². The number of aromatic nitrogens is 1. The minimum absolute atomic E-state index is 0.0746. The topological polar surface area (TPSA) is 122 Å². The highest BCUT2D eigenvalue weighted by atomic mass is 16.5. The zero-order valence-electron chi connectivity index (χ0n) is 18.7. The first kappa shape index (κ1) is 21.9. The normalized spacial score (nSPS) is 14.8. The van der Waals surface area contributed by atoms with E-state index in [1.54, 1.807) is 48.1 Å². The fourth-order valence-corrected chi connectivity index (χ4v) is 4.03. The number of nitrogens with two attached hydrogens (primary N) is 1. The highest BCUT2D eigenvalue weighted by Crippen LogP contribution is 2.46. The van der Waals surface area contributed by atoms with Crippen LogP contribution in [0.3, 0.4) is 0 Å². The molecule has 1 unspecified atom stereocenters. The van der Waals surface area contributed by atoms with E-state index < -0.39 is 5.92 Å². The number of methoxy groups -OCH3 is 3. The molecule has 2 N–H and O–H groups in total. The number of fused-ring (bicyclic) bond motifs is 1. The van der Waals surface area contributed by atoms with Gasteiger partial charge in [-0.25, -0.2) is 0 Å². The molecule has 1 aromatic carbocycles. The molecule has 0 spiro atoms. The van der Waals surface area contributed by atoms with Crippen LogP contribution < -0.4 is 30.2 Å². The number of aryl methyl sites for hydroxylation is 1. The van der Waals surface area contributed by atoms with Gasteiger partial charge in [0.1, 0.15) is 28.9 Å². The van der Waals surface area contributed by atoms with Crippen molar-refractivity contribution in [3.05, 3.63) is 81.0 Å². The molecule has 0 amide bonds. The summed E-state index contributed by atoms with van der Waals surface area (Å²) in [7, 11) is 4.50. The molecule has 2 aromatic heterocycles. The van der Waals surface area contributed by atoms with Gasteiger partial charge >= 0.3 is 0 Å². The van der Waals surface area contributed by atoms with E-state index >= 15 is 0 Å². The predicted octanol–water partition coefficient (Wildman–Crippen LogP) is 3.04. The van der Waals surface area contributed by atoms with Gasteiger partial charge < -0.3 is 33.7 Å². The fraction of sp³-hybridized carbons (Fsp3) is 0.250. The second-order valence-corrected chi connectivity index (χ2v) is 7.41. The molecule has 1 aliphatic rings. The van der Waals surface area contributed by atoms with Gasteiger partial charge in [0, 0.05) is 23.4 Å². The van der Waals surface area contributed by atoms with E-state index in [0.717, 1.165) is 0 Å². The number of nitriles is 1. The summed E-state index contributed by atoms with van der Waals surface area (Å²) in [5, 5.41) is 9.94. The number of benzene rings is 1. The van der Waals surface area contributed by atoms with E-state index in [-0.39, 0.29) is 34.9 Å². The highest BCUT2D eigenvalue weighted by molar-refractivity contribution is 5.61. The van der Waals surface area contributed by atoms with Crippen LogP contribution in [0, 0.1) is 18.3 Å². The number of hydrogen-bond donors (Lipinski definition) is 1. The van der Waals surface area contributed by atoms with Crippen LogP contribution in [0.5, 0.6) is 23.0 Å². The Morgan fingerprint density at radius 2 is 1.82 bits per heavy atom. The van der Waals surface area contributed by atoms with Gasteiger partial charge in [-0.2, -0.15) is 5.26 Å². The van der Waals surface area contributed by atoms with E-state index in [9.17, 15) is 10.1 Å². The fourth-order valence-electron chi connectivity index (χ4n) is 4.03. The van der Waals surface area contributed by atoms with Crippen molar-refractivity contribution < 1.29 is 23.4 Å². The first-order valence-electron chi connectivity index (χ1n) is 10.1. The molecule has 170 valence electrons. The summed E-state index contributed by atoms with van der Waals surface area (Å²) in [6, 6.07) is 10.7. The molecular weight excluding hydrogens is 426 g/mol. The molecule has 0 saturated carbocycles. The zero-order chi connectivity index (χ0) is 23.7. The Morgan fingerprint density at radius 1 is 1.12 bits per heavy atom. The lowest BCUT2D eigenvalue weighted by molar-refractivity contribution is 0.346. The third kappa shape index (κ3) is 3.65. The second-order valence-electron chi connectivity index (χ2n) is 7.41. The Hall–Kier alpha value is -4.32. The molecule has 1 aliphatic heterocycles. The Kier molecular flexibility index (Phi) is 5.75. The van der Waals surface area contributed by atoms with Crippen molar-refractivity contribution >= 4 is 0 Å². The standard InChI is InChI=1S/C24H23N3O6/c1-13-8-20-22(24(28)27(13)12-14-6-5-7-32-14)21(16(11-25)23(26)33-20)15-9-18(30-3)19(31-4)10-17(15)29-2/h5-10,21H,12,26H2,1-4H3. The number of hydrogen-bond acceptors (Lipinski definition) is 8. The van der Waals surface area contributed by atoms with Crippen molar-refractivity contribution in [3.8, 4) is 29.1 Å². The second kappa shape index (κ2) is 8.67. The lowest BCUT2D eigenvalue weighted by atomic mass is 9.83. The summed E-state index contributed by atoms with van der Waals surface area (Å²) in [5.41, 5.74) is 7.32. The summed E-state index contributed by atoms with van der Waals surface area (Å²) < 4.78 is 29.1. The minimum Gasteiger partial charge on any atom is -0.496 e. The number of furan rings is 1. The molecule has 0 saturated heterocycles. The first-order chi connectivity index (χ1) is 15.9. The van der Waals surface area contributed by atoms with Gasteiger partial charge in [-0.1, -0.05) is 0 Å². The Morgan fingerprint density at radius 3 is 2.42 bits per heavy atom. The van der Waals surface area contributed by atoms with Crippen LogP contribution >= 0.6 is 0 Å². The van der Waals surface area contributed by atoms with Crippen molar-refractivity contribution in [1.29, 1.82) is 5.26 Å². The monoisotopic (exact) mass is 449 g/mol. The molecule has 0 radical (unpaired) electrons. The lowest BCUT2D eigenvalue weighted by Gasteiger charge is -2.28. The van der Waals surface area contributed by atoms with Crippen molar-refractivity contribution in [2.75, 3.05) is 21.3 Å². The molecule has 1 atom stereocenters. The molecule has 3 aromatic rings. The third-order valence-electron chi connectivity index (χ3n) is 5.63. The maximum absolute atomic E-state index is 13.8. The smallest absolute Gasteiger partial charge is 0.259 e. The SMILES string of the molecule is COc1cc(OC)c(C2C(C#N)=C(N)Oc3cc(C)n(Cc4ccco4)c(=O)c32)cc1OC. The third-order valence-corrected chi connectivity index (χ3v) is 5.63. The van der Waals surface area contributed by atoms with E-state index in [1.165, 1.54) is 21.3 Å². The largest absolute Gasteiger partial charge is 0.496 e. The van der Waals surface area contributed by atoms with Gasteiger partial charge in [-0.3, -0.25) is 4.79 Å². The van der Waals surface area contributed by atoms with Gasteiger partial charge in [0.25, 0.3) is 5.56 Å². The van der Waals surface area contributed by atoms with Gasteiger partial charge in [0.15, 0.2) is 11.5 Å². The summed E-state index contributed by atoms with van der Waals surface area (Å²) >= 11 is 0. The average molecular weight is 449 g/mol. The quantitative estimate of drug-likeness (QED) is 0.609. The Balaban J connectivity index is 2.00. The van der Waals surface area contributed by atoms with E-state index in [4.69, 9.17) is 29.1 Å². The first-order valence-corrected chi connectivity index (χ1v) is 10.1. The molecular formula is C24H23N3O6. The van der Waals surface area contributed by atoms with Crippen LogP contribution in [-0.2, 0) is 6.54 Å². The minimum atomic E-state index is -0.843. The summed E-state index contributed by atoms with van der Waals surface area (Å²) in [6.45, 7) is 2.02. The molecule has 9 nitrogen and oxygen atoms in total. The van der Waals surface area contributed by atoms with E-state index in [1.807, 2.05) is 0 Å². The van der Waals surface area contributed by atoms with Gasteiger partial charge in [-0.05, 0) is 25.1 Å². The average Bonchev–Trinajstić information content (AvgIpc) is 3.33. The van der Waals surface area contributed by atoms with Crippen molar-refractivity contribution in [1.82, 2.24) is 4.57 Å². The summed E-state index contributed by atoms with van der Waals surface area (Å²) in [4.78, 5) is 13.8. The van der Waals surface area contributed by atoms with Crippen molar-refractivity contribution in [3.63, 3.8) is 0 Å². The van der Waals surface area contributed by atoms with Crippen LogP contribution in [0.15, 0.2) is 57.3 Å². The molecule has 0 fully saturated rings. The van der Waals surface area contributed by atoms with Gasteiger partial charge in [0.2, 0.25) is 5.88 Å². The van der Waals surface area contributed by atoms with Gasteiger partial charge in [0.05, 0.1) is 45.6 Å². The molecule has 4 rings (SSSR count). The van der Waals surface area contributed by atoms with Crippen molar-refractivity contribution in [2.24, 2.45) is 5.73 Å². The number of rotatable bonds is 6. The maximum atomic E-state index is 13.8. The lowest BCUT2D eigenvalue weighted by Crippen LogP contribution is -2.33. The molecule has 9 heteroatoms. The molecule has 3 heterocycles. The van der Waals surface area contributed by atoms with Crippen LogP contribution in [0.2, 0.25) is 0 Å². The molecule has 33 heavy (non-hydrogen) atoms.